The van der Waals surface area contributed by atoms with Crippen LogP contribution >= 0.6 is 0 Å². The number of amides is 4. The van der Waals surface area contributed by atoms with Crippen molar-refractivity contribution < 1.29 is 52.9 Å². The maximum atomic E-state index is 13.6. The van der Waals surface area contributed by atoms with E-state index in [0.717, 1.165) is 219 Å². The average Bonchev–Trinajstić information content (AvgIpc) is 0.685. The molecule has 16 aromatic carbocycles. The molecular formula is C111H124N12O11. The van der Waals surface area contributed by atoms with E-state index < -0.39 is 23.9 Å². The molecule has 23 nitrogen and oxygen atoms in total. The minimum atomic E-state index is -0.653. The van der Waals surface area contributed by atoms with Gasteiger partial charge < -0.3 is 37.5 Å². The van der Waals surface area contributed by atoms with Gasteiger partial charge in [0.15, 0.2) is 0 Å². The Morgan fingerprint density at radius 3 is 0.485 bits per heavy atom. The summed E-state index contributed by atoms with van der Waals surface area (Å²) in [5, 5.41) is 33.7. The van der Waals surface area contributed by atoms with Crippen molar-refractivity contribution in [1.82, 2.24) is 19.6 Å². The molecule has 694 valence electrons. The van der Waals surface area contributed by atoms with E-state index in [0.29, 0.717) is 84.4 Å². The molecule has 0 atom stereocenters. The summed E-state index contributed by atoms with van der Waals surface area (Å²) in [6.07, 6.45) is 0. The molecule has 16 aromatic rings. The Bertz CT molecular complexity index is 7080. The fraction of sp³-hybridized carbons (Fsp3) is 0.297. The average molecular weight is 1800 g/mol. The number of aromatic hydroxyl groups is 1. The molecule has 0 spiro atoms. The van der Waals surface area contributed by atoms with E-state index in [1.807, 2.05) is 65.8 Å². The summed E-state index contributed by atoms with van der Waals surface area (Å²) in [4.78, 5) is 130. The number of amidine groups is 4. The first kappa shape index (κ1) is 100. The number of phenols is 1. The van der Waals surface area contributed by atoms with E-state index in [1.165, 1.54) is 44.9 Å². The molecule has 0 unspecified atom stereocenters. The maximum Gasteiger partial charge on any atom is 0.346 e. The molecule has 4 amide bonds. The van der Waals surface area contributed by atoms with Crippen molar-refractivity contribution in [2.24, 2.45) is 42.9 Å². The number of hydrogen-bond acceptors (Lipinski definition) is 19. The van der Waals surface area contributed by atoms with Gasteiger partial charge in [-0.3, -0.25) is 58.7 Å². The third kappa shape index (κ3) is 13.5. The van der Waals surface area contributed by atoms with Gasteiger partial charge in [-0.1, -0.05) is 29.7 Å². The third-order valence-corrected chi connectivity index (χ3v) is 27.7. The van der Waals surface area contributed by atoms with Gasteiger partial charge in [0.2, 0.25) is 0 Å². The number of nitrogens with zero attached hydrogens (tertiary/aromatic N) is 8. The van der Waals surface area contributed by atoms with Crippen LogP contribution in [-0.2, 0) is 9.47 Å². The largest absolute Gasteiger partial charge is 0.507 e. The molecule has 0 aliphatic carbocycles. The predicted octanol–water partition coefficient (Wildman–Crippen LogP) is 21.2. The number of phenolic OH excluding ortho intramolecular Hbond substituents is 1. The molecule has 6 aliphatic rings. The van der Waals surface area contributed by atoms with Crippen LogP contribution in [0.5, 0.6) is 5.75 Å². The molecule has 22 rings (SSSR count). The smallest absolute Gasteiger partial charge is 0.346 e. The summed E-state index contributed by atoms with van der Waals surface area (Å²) in [6, 6.07) is 23.9. The van der Waals surface area contributed by atoms with Crippen LogP contribution in [0.15, 0.2) is 92.8 Å². The maximum absolute atomic E-state index is 13.6. The van der Waals surface area contributed by atoms with Crippen LogP contribution in [-0.4, -0.2) is 180 Å². The fourth-order valence-electron chi connectivity index (χ4n) is 22.1. The summed E-state index contributed by atoms with van der Waals surface area (Å²) in [5.74, 6) is 0.447. The predicted molar refractivity (Wildman–Crippen MR) is 557 cm³/mol. The Morgan fingerprint density at radius 1 is 0.209 bits per heavy atom. The van der Waals surface area contributed by atoms with Crippen LogP contribution in [0.25, 0.3) is 129 Å². The van der Waals surface area contributed by atoms with E-state index in [1.54, 1.807) is 100 Å². The minimum absolute atomic E-state index is 0. The highest BCUT2D eigenvalue weighted by Crippen LogP contribution is 2.56. The molecule has 9 N–H and O–H groups in total. The number of carbonyl (C=O) groups excluding carboxylic acids is 8. The van der Waals surface area contributed by atoms with Crippen LogP contribution in [0, 0.1) is 118 Å². The van der Waals surface area contributed by atoms with Crippen LogP contribution in [0.2, 0.25) is 0 Å². The summed E-state index contributed by atoms with van der Waals surface area (Å²) < 4.78 is 10.1. The van der Waals surface area contributed by atoms with Crippen molar-refractivity contribution in [1.29, 1.82) is 0 Å². The standard InChI is InChI=1S/2C32H28N4O2.C28H16O6.C11H16O.4CH5N.4CH4/c1-13-9-17-25-19(31(37)35(7)29(17)33-5)12-16(4)24-22-14(2)10-18-26-20(32(38)36(8)30(18)34-6)11-15(3)23(28(22)26)21(13)27(24)25;1-13-9-17-25-19(31(37)35(7)29(17)33-5)11-15(3)23-24-16(4)12-20-26-18(30(34-6)36(8)32(20)38)10-14(2)22(28(24)26)21(13)27(23)25;1-9-5-13-21-14(26(30)33-25(13)29)7-11(3)19-20-12(4)8-16-22-15(27(31)34-28(16)32)6-10(2)18(24(20)22)17(9)23(19)21;1-6-7(2)9(4)11(12)10(5)8(6)3;4*1-2;;;;/h2*9-12H,1-8H3;5-8H,1-4H3;12H,1-5H3;4*2H2,1H3;4*1H4. The highest BCUT2D eigenvalue weighted by molar-refractivity contribution is 6.47. The number of hydrogen-bond donors (Lipinski definition) is 5. The zero-order valence-corrected chi connectivity index (χ0v) is 79.3. The molecule has 23 heteroatoms. The fourth-order valence-corrected chi connectivity index (χ4v) is 22.1. The topological polar surface area (TPSA) is 342 Å². The van der Waals surface area contributed by atoms with Gasteiger partial charge >= 0.3 is 23.9 Å². The first-order valence-corrected chi connectivity index (χ1v) is 43.2. The van der Waals surface area contributed by atoms with E-state index >= 15 is 0 Å². The second-order valence-corrected chi connectivity index (χ2v) is 34.4. The normalized spacial score (nSPS) is 14.9. The van der Waals surface area contributed by atoms with Crippen LogP contribution in [0.1, 0.15) is 229 Å². The van der Waals surface area contributed by atoms with Gasteiger partial charge in [-0.15, -0.1) is 0 Å². The Hall–Kier alpha value is -14.1. The quantitative estimate of drug-likeness (QED) is 0.0408. The number of rotatable bonds is 0. The van der Waals surface area contributed by atoms with Crippen molar-refractivity contribution in [2.75, 3.05) is 84.6 Å². The first-order chi connectivity index (χ1) is 61.9. The lowest BCUT2D eigenvalue weighted by Gasteiger charge is -2.32. The highest BCUT2D eigenvalue weighted by atomic mass is 16.6. The second kappa shape index (κ2) is 36.1. The zero-order chi connectivity index (χ0) is 95.1. The van der Waals surface area contributed by atoms with Gasteiger partial charge in [0.05, 0.1) is 22.3 Å². The van der Waals surface area contributed by atoms with E-state index in [4.69, 9.17) is 9.47 Å². The van der Waals surface area contributed by atoms with E-state index in [2.05, 4.69) is 143 Å². The summed E-state index contributed by atoms with van der Waals surface area (Å²) in [7, 11) is 20.2. The van der Waals surface area contributed by atoms with Gasteiger partial charge in [0.1, 0.15) is 29.1 Å². The van der Waals surface area contributed by atoms with Crippen molar-refractivity contribution in [3.8, 4) is 5.75 Å². The Labute approximate surface area is 782 Å². The Morgan fingerprint density at radius 2 is 0.336 bits per heavy atom. The van der Waals surface area contributed by atoms with Crippen molar-refractivity contribution in [3.63, 3.8) is 0 Å². The number of nitrogens with two attached hydrogens (primary N) is 4. The number of fused-ring (bicyclic) bond motifs is 6. The Kier molecular flexibility index (Phi) is 27.1. The monoisotopic (exact) mass is 1800 g/mol. The molecule has 0 aromatic heterocycles. The number of cyclic esters (lactones) is 4. The number of benzene rings is 16. The van der Waals surface area contributed by atoms with Gasteiger partial charge in [0, 0.05) is 133 Å². The third-order valence-electron chi connectivity index (χ3n) is 27.7. The number of ether oxygens (including phenoxy) is 2. The SMILES string of the molecule is C.C.C.C.CN.CN.CN.CN.CN=C1c2cc(C)c3c4c(C)cc5c6c(cc(C)c(c7c(C)cc(c2c73)C(=O)N1C)c64)C(=NC)N(C)C5=O.CN=C1c2cc(C)c3c4c(C)cc5c6c(cc(C)c(c7c(C)cc(c2c73)C(=O)N1C)c64)C(=O)N(C)C5=NC.Cc1c(C)c(C)c(O)c(C)c1C.Cc1cc2c3c(cc(C)c4c5c(C)cc6c7c(cc(C)c(c1c34)c75)C(=O)OC6=O)C(=O)OC2=O. The lowest BCUT2D eigenvalue weighted by atomic mass is 9.77. The molecule has 0 fully saturated rings. The van der Waals surface area contributed by atoms with Crippen molar-refractivity contribution in [3.05, 3.63) is 234 Å². The summed E-state index contributed by atoms with van der Waals surface area (Å²) >= 11 is 0. The van der Waals surface area contributed by atoms with E-state index in [-0.39, 0.29) is 53.3 Å². The highest BCUT2D eigenvalue weighted by Gasteiger charge is 2.42. The van der Waals surface area contributed by atoms with Crippen LogP contribution in [0.3, 0.4) is 0 Å². The molecule has 0 saturated heterocycles. The summed E-state index contributed by atoms with van der Waals surface area (Å²) in [5.41, 5.74) is 44.2. The molecule has 134 heavy (non-hydrogen) atoms. The van der Waals surface area contributed by atoms with E-state index in [9.17, 15) is 43.5 Å². The van der Waals surface area contributed by atoms with Gasteiger partial charge in [-0.05, 0) is 410 Å². The molecule has 0 saturated carbocycles. The number of aryl methyl sites for hydroxylation is 12. The second-order valence-electron chi connectivity index (χ2n) is 34.4. The first-order valence-electron chi connectivity index (χ1n) is 43.2. The van der Waals surface area contributed by atoms with Crippen molar-refractivity contribution >= 4 is 200 Å². The molecular weight excluding hydrogens is 1680 g/mol. The zero-order valence-electron chi connectivity index (χ0n) is 79.3. The number of aliphatic imine (C=N–C) groups is 4. The van der Waals surface area contributed by atoms with Crippen LogP contribution in [0.4, 0.5) is 0 Å². The number of carbonyl (C=O) groups is 8. The minimum Gasteiger partial charge on any atom is -0.507 e. The van der Waals surface area contributed by atoms with Crippen LogP contribution < -0.4 is 22.9 Å². The number of esters is 4. The Balaban J connectivity index is 0.000000173. The van der Waals surface area contributed by atoms with Gasteiger partial charge in [0.25, 0.3) is 23.6 Å². The van der Waals surface area contributed by atoms with Gasteiger partial charge in [-0.25, -0.2) is 19.2 Å². The lowest BCUT2D eigenvalue weighted by molar-refractivity contribution is 0.0373. The molecule has 6 aliphatic heterocycles. The lowest BCUT2D eigenvalue weighted by Crippen LogP contribution is -2.38. The summed E-state index contributed by atoms with van der Waals surface area (Å²) in [6.45, 7) is 34.8. The molecule has 0 radical (unpaired) electrons. The molecule has 0 bridgehead atoms. The van der Waals surface area contributed by atoms with Gasteiger partial charge in [-0.2, -0.15) is 0 Å². The molecule has 6 heterocycles. The van der Waals surface area contributed by atoms with Crippen molar-refractivity contribution in [2.45, 2.75) is 147 Å².